The third-order valence-corrected chi connectivity index (χ3v) is 7.71. The van der Waals surface area contributed by atoms with Crippen LogP contribution >= 0.6 is 23.2 Å². The first-order valence-electron chi connectivity index (χ1n) is 8.85. The van der Waals surface area contributed by atoms with Crippen molar-refractivity contribution in [2.45, 2.75) is 30.4 Å². The summed E-state index contributed by atoms with van der Waals surface area (Å²) in [5, 5.41) is 11.6. The Hall–Kier alpha value is -0.370. The molecule has 1 aliphatic carbocycles. The highest BCUT2D eigenvalue weighted by molar-refractivity contribution is 7.91. The molecule has 0 amide bonds. The molecule has 2 aliphatic rings. The van der Waals surface area contributed by atoms with E-state index in [0.717, 1.165) is 24.9 Å². The SMILES string of the molecule is CN(C)CCN(CC1(c2ccc(Cl)cc2Cl)CC1)C1CS(=O)(=O)CC1O. The zero-order valence-electron chi connectivity index (χ0n) is 15.2. The molecule has 0 aromatic heterocycles. The van der Waals surface area contributed by atoms with Crippen LogP contribution in [0, 0.1) is 0 Å². The van der Waals surface area contributed by atoms with Crippen molar-refractivity contribution in [3.8, 4) is 0 Å². The van der Waals surface area contributed by atoms with Gasteiger partial charge in [-0.05, 0) is 44.6 Å². The Morgan fingerprint density at radius 2 is 1.88 bits per heavy atom. The van der Waals surface area contributed by atoms with Gasteiger partial charge in [0.25, 0.3) is 0 Å². The highest BCUT2D eigenvalue weighted by atomic mass is 35.5. The average molecular weight is 421 g/mol. The lowest BCUT2D eigenvalue weighted by molar-refractivity contribution is 0.0720. The van der Waals surface area contributed by atoms with Gasteiger partial charge >= 0.3 is 0 Å². The second kappa shape index (κ2) is 7.57. The molecule has 0 spiro atoms. The van der Waals surface area contributed by atoms with E-state index < -0.39 is 15.9 Å². The summed E-state index contributed by atoms with van der Waals surface area (Å²) in [6.45, 7) is 2.20. The number of aliphatic hydroxyl groups excluding tert-OH is 1. The van der Waals surface area contributed by atoms with Crippen molar-refractivity contribution < 1.29 is 13.5 Å². The number of sulfone groups is 1. The molecule has 146 valence electrons. The summed E-state index contributed by atoms with van der Waals surface area (Å²) in [4.78, 5) is 4.21. The van der Waals surface area contributed by atoms with E-state index in [0.29, 0.717) is 23.1 Å². The maximum absolute atomic E-state index is 12.0. The van der Waals surface area contributed by atoms with Gasteiger partial charge in [0, 0.05) is 35.1 Å². The Kier molecular flexibility index (Phi) is 5.93. The third-order valence-electron chi connectivity index (χ3n) is 5.46. The molecule has 0 bridgehead atoms. The van der Waals surface area contributed by atoms with E-state index in [1.54, 1.807) is 6.07 Å². The second-order valence-electron chi connectivity index (χ2n) is 7.89. The van der Waals surface area contributed by atoms with Crippen LogP contribution in [0.5, 0.6) is 0 Å². The fourth-order valence-corrected chi connectivity index (χ4v) is 6.26. The van der Waals surface area contributed by atoms with Crippen LogP contribution in [0.15, 0.2) is 18.2 Å². The van der Waals surface area contributed by atoms with Gasteiger partial charge in [-0.2, -0.15) is 0 Å². The molecular weight excluding hydrogens is 395 g/mol. The van der Waals surface area contributed by atoms with E-state index in [9.17, 15) is 13.5 Å². The van der Waals surface area contributed by atoms with Crippen molar-refractivity contribution >= 4 is 33.0 Å². The zero-order valence-corrected chi connectivity index (χ0v) is 17.5. The normalized spacial score (nSPS) is 26.6. The van der Waals surface area contributed by atoms with E-state index in [1.165, 1.54) is 0 Å². The number of hydrogen-bond acceptors (Lipinski definition) is 5. The van der Waals surface area contributed by atoms with Crippen LogP contribution in [0.4, 0.5) is 0 Å². The first-order valence-corrected chi connectivity index (χ1v) is 11.4. The molecule has 5 nitrogen and oxygen atoms in total. The summed E-state index contributed by atoms with van der Waals surface area (Å²) >= 11 is 12.5. The van der Waals surface area contributed by atoms with E-state index in [2.05, 4.69) is 9.80 Å². The van der Waals surface area contributed by atoms with Crippen LogP contribution in [0.2, 0.25) is 10.0 Å². The quantitative estimate of drug-likeness (QED) is 0.730. The number of benzene rings is 1. The molecule has 26 heavy (non-hydrogen) atoms. The molecule has 1 saturated carbocycles. The van der Waals surface area contributed by atoms with E-state index >= 15 is 0 Å². The van der Waals surface area contributed by atoms with Crippen LogP contribution in [-0.4, -0.2) is 80.7 Å². The first-order chi connectivity index (χ1) is 12.1. The summed E-state index contributed by atoms with van der Waals surface area (Å²) in [7, 11) is 0.787. The number of likely N-dealkylation sites (N-methyl/N-ethyl adjacent to an activating group) is 1. The summed E-state index contributed by atoms with van der Waals surface area (Å²) in [6.07, 6.45) is 1.17. The highest BCUT2D eigenvalue weighted by Gasteiger charge is 2.49. The minimum absolute atomic E-state index is 0.0199. The van der Waals surface area contributed by atoms with Gasteiger partial charge in [-0.25, -0.2) is 8.42 Å². The number of nitrogens with zero attached hydrogens (tertiary/aromatic N) is 2. The topological polar surface area (TPSA) is 60.9 Å². The van der Waals surface area contributed by atoms with Gasteiger partial charge in [-0.15, -0.1) is 0 Å². The van der Waals surface area contributed by atoms with Crippen molar-refractivity contribution in [3.63, 3.8) is 0 Å². The molecule has 1 N–H and O–H groups in total. The van der Waals surface area contributed by atoms with E-state index in [4.69, 9.17) is 23.2 Å². The lowest BCUT2D eigenvalue weighted by Gasteiger charge is -2.34. The summed E-state index contributed by atoms with van der Waals surface area (Å²) < 4.78 is 24.0. The number of rotatable bonds is 7. The largest absolute Gasteiger partial charge is 0.390 e. The molecule has 2 atom stereocenters. The lowest BCUT2D eigenvalue weighted by Crippen LogP contribution is -2.49. The van der Waals surface area contributed by atoms with Crippen molar-refractivity contribution in [2.75, 3.05) is 45.2 Å². The fraction of sp³-hybridized carbons (Fsp3) is 0.667. The predicted octanol–water partition coefficient (Wildman–Crippen LogP) is 2.05. The summed E-state index contributed by atoms with van der Waals surface area (Å²) in [6, 6.07) is 5.23. The van der Waals surface area contributed by atoms with Crippen molar-refractivity contribution in [3.05, 3.63) is 33.8 Å². The maximum Gasteiger partial charge on any atom is 0.154 e. The monoisotopic (exact) mass is 420 g/mol. The Morgan fingerprint density at radius 1 is 1.19 bits per heavy atom. The number of aliphatic hydroxyl groups is 1. The zero-order chi connectivity index (χ0) is 19.1. The Morgan fingerprint density at radius 3 is 2.38 bits per heavy atom. The molecule has 1 saturated heterocycles. The number of hydrogen-bond donors (Lipinski definition) is 1. The molecule has 0 radical (unpaired) electrons. The molecule has 1 heterocycles. The summed E-state index contributed by atoms with van der Waals surface area (Å²) in [5.41, 5.74) is 0.980. The fourth-order valence-electron chi connectivity index (χ4n) is 3.82. The molecule has 2 unspecified atom stereocenters. The Labute approximate surface area is 165 Å². The average Bonchev–Trinajstić information content (AvgIpc) is 3.23. The minimum Gasteiger partial charge on any atom is -0.390 e. The van der Waals surface area contributed by atoms with Crippen LogP contribution < -0.4 is 0 Å². The highest BCUT2D eigenvalue weighted by Crippen LogP contribution is 2.51. The molecule has 8 heteroatoms. The number of halogens is 2. The Balaban J connectivity index is 1.83. The maximum atomic E-state index is 12.0. The van der Waals surface area contributed by atoms with Gasteiger partial charge in [-0.3, -0.25) is 4.90 Å². The van der Waals surface area contributed by atoms with Crippen molar-refractivity contribution in [2.24, 2.45) is 0 Å². The van der Waals surface area contributed by atoms with Gasteiger partial charge in [0.2, 0.25) is 0 Å². The van der Waals surface area contributed by atoms with E-state index in [1.807, 2.05) is 26.2 Å². The molecule has 1 aromatic rings. The molecular formula is C18H26Cl2N2O3S. The van der Waals surface area contributed by atoms with Gasteiger partial charge in [-0.1, -0.05) is 29.3 Å². The molecule has 1 aliphatic heterocycles. The van der Waals surface area contributed by atoms with Crippen LogP contribution in [0.1, 0.15) is 18.4 Å². The van der Waals surface area contributed by atoms with Crippen molar-refractivity contribution in [1.29, 1.82) is 0 Å². The predicted molar refractivity (Wildman–Crippen MR) is 106 cm³/mol. The van der Waals surface area contributed by atoms with Crippen LogP contribution in [0.25, 0.3) is 0 Å². The lowest BCUT2D eigenvalue weighted by atomic mass is 9.94. The third kappa shape index (κ3) is 4.54. The van der Waals surface area contributed by atoms with E-state index in [-0.39, 0.29) is 23.0 Å². The Bertz CT molecular complexity index is 766. The standard InChI is InChI=1S/C18H26Cl2N2O3S/c1-21(2)7-8-22(16-10-26(24,25)11-17(16)23)12-18(5-6-18)14-4-3-13(19)9-15(14)20/h3-4,9,16-17,23H,5-8,10-12H2,1-2H3. The van der Waals surface area contributed by atoms with Gasteiger partial charge in [0.15, 0.2) is 9.84 Å². The first kappa shape index (κ1) is 20.4. The second-order valence-corrected chi connectivity index (χ2v) is 10.9. The molecule has 2 fully saturated rings. The molecule has 1 aromatic carbocycles. The van der Waals surface area contributed by atoms with Crippen molar-refractivity contribution in [1.82, 2.24) is 9.80 Å². The smallest absolute Gasteiger partial charge is 0.154 e. The van der Waals surface area contributed by atoms with Gasteiger partial charge in [0.05, 0.1) is 23.7 Å². The van der Waals surface area contributed by atoms with Crippen LogP contribution in [-0.2, 0) is 15.3 Å². The van der Waals surface area contributed by atoms with Gasteiger partial charge < -0.3 is 10.0 Å². The molecule has 3 rings (SSSR count). The van der Waals surface area contributed by atoms with Gasteiger partial charge in [0.1, 0.15) is 0 Å². The summed E-state index contributed by atoms with van der Waals surface area (Å²) in [5.74, 6) is -0.128. The minimum atomic E-state index is -3.19. The van der Waals surface area contributed by atoms with Crippen LogP contribution in [0.3, 0.4) is 0 Å².